The molecule has 0 aliphatic heterocycles. The molecule has 5 nitrogen and oxygen atoms in total. The SMILES string of the molecule is Cn1nccc1CCNC(=O)C1(C#N)CCC1. The van der Waals surface area contributed by atoms with E-state index in [0.717, 1.165) is 18.5 Å². The number of amides is 1. The Morgan fingerprint density at radius 1 is 1.71 bits per heavy atom. The summed E-state index contributed by atoms with van der Waals surface area (Å²) >= 11 is 0. The molecule has 1 fully saturated rings. The Bertz CT molecular complexity index is 453. The normalized spacial score (nSPS) is 16.9. The van der Waals surface area contributed by atoms with Gasteiger partial charge in [-0.3, -0.25) is 9.48 Å². The van der Waals surface area contributed by atoms with Crippen molar-refractivity contribution in [1.82, 2.24) is 15.1 Å². The molecule has 5 heteroatoms. The summed E-state index contributed by atoms with van der Waals surface area (Å²) in [4.78, 5) is 11.8. The van der Waals surface area contributed by atoms with E-state index in [0.29, 0.717) is 19.4 Å². The van der Waals surface area contributed by atoms with E-state index in [2.05, 4.69) is 16.5 Å². The van der Waals surface area contributed by atoms with Gasteiger partial charge >= 0.3 is 0 Å². The molecule has 1 aliphatic carbocycles. The minimum atomic E-state index is -0.744. The number of nitrogens with zero attached hydrogens (tertiary/aromatic N) is 3. The number of hydrogen-bond donors (Lipinski definition) is 1. The van der Waals surface area contributed by atoms with Crippen molar-refractivity contribution in [1.29, 1.82) is 5.26 Å². The fourth-order valence-electron chi connectivity index (χ4n) is 2.04. The monoisotopic (exact) mass is 232 g/mol. The number of nitriles is 1. The van der Waals surface area contributed by atoms with Crippen molar-refractivity contribution in [3.63, 3.8) is 0 Å². The highest BCUT2D eigenvalue weighted by molar-refractivity contribution is 5.86. The first kappa shape index (κ1) is 11.6. The first-order chi connectivity index (χ1) is 8.18. The second-order valence-electron chi connectivity index (χ2n) is 4.50. The molecule has 1 heterocycles. The maximum absolute atomic E-state index is 11.8. The second kappa shape index (κ2) is 4.58. The largest absolute Gasteiger partial charge is 0.354 e. The van der Waals surface area contributed by atoms with Crippen LogP contribution in [0.4, 0.5) is 0 Å². The molecule has 0 saturated heterocycles. The second-order valence-corrected chi connectivity index (χ2v) is 4.50. The highest BCUT2D eigenvalue weighted by atomic mass is 16.2. The molecule has 17 heavy (non-hydrogen) atoms. The van der Waals surface area contributed by atoms with Crippen LogP contribution < -0.4 is 5.32 Å². The molecule has 2 rings (SSSR count). The molecular weight excluding hydrogens is 216 g/mol. The summed E-state index contributed by atoms with van der Waals surface area (Å²) in [6.45, 7) is 0.557. The van der Waals surface area contributed by atoms with Gasteiger partial charge in [0.2, 0.25) is 5.91 Å². The lowest BCUT2D eigenvalue weighted by molar-refractivity contribution is -0.131. The zero-order valence-corrected chi connectivity index (χ0v) is 9.94. The molecule has 1 aliphatic rings. The van der Waals surface area contributed by atoms with Crippen molar-refractivity contribution in [3.05, 3.63) is 18.0 Å². The summed E-state index contributed by atoms with van der Waals surface area (Å²) in [5.74, 6) is -0.117. The van der Waals surface area contributed by atoms with E-state index in [4.69, 9.17) is 5.26 Å². The predicted molar refractivity (Wildman–Crippen MR) is 61.8 cm³/mol. The lowest BCUT2D eigenvalue weighted by atomic mass is 9.69. The quantitative estimate of drug-likeness (QED) is 0.833. The average Bonchev–Trinajstić information content (AvgIpc) is 2.64. The molecule has 1 saturated carbocycles. The van der Waals surface area contributed by atoms with E-state index < -0.39 is 5.41 Å². The number of rotatable bonds is 4. The topological polar surface area (TPSA) is 70.7 Å². The molecular formula is C12H16N4O. The summed E-state index contributed by atoms with van der Waals surface area (Å²) in [5, 5.41) is 15.9. The molecule has 1 aromatic heterocycles. The van der Waals surface area contributed by atoms with Crippen molar-refractivity contribution < 1.29 is 4.79 Å². The number of aryl methyl sites for hydroxylation is 1. The number of aromatic nitrogens is 2. The smallest absolute Gasteiger partial charge is 0.240 e. The number of hydrogen-bond acceptors (Lipinski definition) is 3. The number of carbonyl (C=O) groups excluding carboxylic acids is 1. The van der Waals surface area contributed by atoms with Gasteiger partial charge in [0.1, 0.15) is 5.41 Å². The Labute approximate surface area is 100 Å². The van der Waals surface area contributed by atoms with Gasteiger partial charge in [-0.05, 0) is 25.3 Å². The first-order valence-electron chi connectivity index (χ1n) is 5.84. The van der Waals surface area contributed by atoms with Gasteiger partial charge in [-0.25, -0.2) is 0 Å². The van der Waals surface area contributed by atoms with Crippen LogP contribution in [0.25, 0.3) is 0 Å². The average molecular weight is 232 g/mol. The van der Waals surface area contributed by atoms with Crippen LogP contribution in [0.1, 0.15) is 25.0 Å². The number of carbonyl (C=O) groups is 1. The summed E-state index contributed by atoms with van der Waals surface area (Å²) in [7, 11) is 1.87. The Morgan fingerprint density at radius 2 is 2.47 bits per heavy atom. The summed E-state index contributed by atoms with van der Waals surface area (Å²) in [5.41, 5.74) is 0.330. The van der Waals surface area contributed by atoms with Gasteiger partial charge < -0.3 is 5.32 Å². The maximum atomic E-state index is 11.8. The molecule has 90 valence electrons. The van der Waals surface area contributed by atoms with Crippen LogP contribution in [-0.2, 0) is 18.3 Å². The molecule has 1 aromatic rings. The minimum Gasteiger partial charge on any atom is -0.354 e. The zero-order chi connectivity index (χ0) is 12.3. The molecule has 1 amide bonds. The first-order valence-corrected chi connectivity index (χ1v) is 5.84. The van der Waals surface area contributed by atoms with Gasteiger partial charge in [0.15, 0.2) is 0 Å². The van der Waals surface area contributed by atoms with Gasteiger partial charge in [-0.2, -0.15) is 10.4 Å². The van der Waals surface area contributed by atoms with Gasteiger partial charge in [0, 0.05) is 31.9 Å². The van der Waals surface area contributed by atoms with E-state index in [1.807, 2.05) is 13.1 Å². The zero-order valence-electron chi connectivity index (χ0n) is 9.94. The van der Waals surface area contributed by atoms with Crippen molar-refractivity contribution in [2.45, 2.75) is 25.7 Å². The van der Waals surface area contributed by atoms with Crippen LogP contribution in [0.5, 0.6) is 0 Å². The van der Waals surface area contributed by atoms with E-state index >= 15 is 0 Å². The highest BCUT2D eigenvalue weighted by Crippen LogP contribution is 2.40. The van der Waals surface area contributed by atoms with Crippen LogP contribution in [0, 0.1) is 16.7 Å². The van der Waals surface area contributed by atoms with Crippen molar-refractivity contribution in [2.24, 2.45) is 12.5 Å². The third-order valence-corrected chi connectivity index (χ3v) is 3.44. The molecule has 0 atom stereocenters. The molecule has 0 bridgehead atoms. The minimum absolute atomic E-state index is 0.117. The van der Waals surface area contributed by atoms with Gasteiger partial charge in [0.25, 0.3) is 0 Å². The van der Waals surface area contributed by atoms with Crippen molar-refractivity contribution in [3.8, 4) is 6.07 Å². The standard InChI is InChI=1S/C12H16N4O/c1-16-10(4-8-15-16)3-7-14-11(17)12(9-13)5-2-6-12/h4,8H,2-3,5-7H2,1H3,(H,14,17). The lowest BCUT2D eigenvalue weighted by Gasteiger charge is -2.33. The Morgan fingerprint density at radius 3 is 2.94 bits per heavy atom. The van der Waals surface area contributed by atoms with E-state index in [-0.39, 0.29) is 5.91 Å². The summed E-state index contributed by atoms with van der Waals surface area (Å²) in [6.07, 6.45) is 4.84. The van der Waals surface area contributed by atoms with Gasteiger partial charge in [-0.15, -0.1) is 0 Å². The lowest BCUT2D eigenvalue weighted by Crippen LogP contribution is -2.45. The van der Waals surface area contributed by atoms with Crippen LogP contribution in [-0.4, -0.2) is 22.2 Å². The highest BCUT2D eigenvalue weighted by Gasteiger charge is 2.44. The maximum Gasteiger partial charge on any atom is 0.240 e. The van der Waals surface area contributed by atoms with Gasteiger partial charge in [-0.1, -0.05) is 0 Å². The van der Waals surface area contributed by atoms with Gasteiger partial charge in [0.05, 0.1) is 6.07 Å². The Balaban J connectivity index is 1.81. The van der Waals surface area contributed by atoms with E-state index in [1.54, 1.807) is 10.9 Å². The number of nitrogens with one attached hydrogen (secondary N) is 1. The predicted octanol–water partition coefficient (Wildman–Crippen LogP) is 0.773. The fourth-order valence-corrected chi connectivity index (χ4v) is 2.04. The third kappa shape index (κ3) is 2.16. The Kier molecular flexibility index (Phi) is 3.14. The molecule has 1 N–H and O–H groups in total. The summed E-state index contributed by atoms with van der Waals surface area (Å²) < 4.78 is 1.79. The molecule has 0 radical (unpaired) electrons. The van der Waals surface area contributed by atoms with Crippen LogP contribution in [0.2, 0.25) is 0 Å². The molecule has 0 unspecified atom stereocenters. The Hall–Kier alpha value is -1.83. The van der Waals surface area contributed by atoms with E-state index in [1.165, 1.54) is 0 Å². The molecule has 0 aromatic carbocycles. The fraction of sp³-hybridized carbons (Fsp3) is 0.583. The van der Waals surface area contributed by atoms with Crippen molar-refractivity contribution >= 4 is 5.91 Å². The third-order valence-electron chi connectivity index (χ3n) is 3.44. The van der Waals surface area contributed by atoms with E-state index in [9.17, 15) is 4.79 Å². The van der Waals surface area contributed by atoms with Crippen LogP contribution in [0.15, 0.2) is 12.3 Å². The molecule has 0 spiro atoms. The van der Waals surface area contributed by atoms with Crippen molar-refractivity contribution in [2.75, 3.05) is 6.54 Å². The van der Waals surface area contributed by atoms with Crippen LogP contribution >= 0.6 is 0 Å². The van der Waals surface area contributed by atoms with Crippen LogP contribution in [0.3, 0.4) is 0 Å². The summed E-state index contributed by atoms with van der Waals surface area (Å²) in [6, 6.07) is 4.07.